The van der Waals surface area contributed by atoms with E-state index in [-0.39, 0.29) is 6.03 Å². The Balaban J connectivity index is 1.52. The third-order valence-electron chi connectivity index (χ3n) is 6.88. The Morgan fingerprint density at radius 2 is 1.71 bits per heavy atom. The van der Waals surface area contributed by atoms with Crippen molar-refractivity contribution in [3.8, 4) is 0 Å². The van der Waals surface area contributed by atoms with Crippen LogP contribution in [0.15, 0.2) is 0 Å². The van der Waals surface area contributed by atoms with Gasteiger partial charge in [-0.1, -0.05) is 0 Å². The number of nitrogens with zero attached hydrogens (tertiary/aromatic N) is 2. The minimum atomic E-state index is 0.222. The predicted octanol–water partition coefficient (Wildman–Crippen LogP) is 2.16. The molecule has 118 valence electrons. The lowest BCUT2D eigenvalue weighted by molar-refractivity contribution is -0.0753. The molecule has 4 aliphatic carbocycles. The summed E-state index contributed by atoms with van der Waals surface area (Å²) in [6.07, 6.45) is 8.68. The summed E-state index contributed by atoms with van der Waals surface area (Å²) in [4.78, 5) is 16.1. The third-order valence-corrected chi connectivity index (χ3v) is 6.88. The van der Waals surface area contributed by atoms with Crippen molar-refractivity contribution >= 4 is 6.03 Å². The molecule has 1 atom stereocenters. The highest BCUT2D eigenvalue weighted by Gasteiger charge is 2.54. The van der Waals surface area contributed by atoms with Crippen LogP contribution in [0.25, 0.3) is 0 Å². The largest absolute Gasteiger partial charge is 0.326 e. The molecular formula is C17H29N3O. The van der Waals surface area contributed by atoms with Gasteiger partial charge in [0.1, 0.15) is 0 Å². The number of carbonyl (C=O) groups is 1. The van der Waals surface area contributed by atoms with Gasteiger partial charge < -0.3 is 15.1 Å². The summed E-state index contributed by atoms with van der Waals surface area (Å²) in [6.45, 7) is 2.70. The molecule has 0 radical (unpaired) electrons. The molecule has 0 aromatic rings. The van der Waals surface area contributed by atoms with Crippen LogP contribution < -0.4 is 5.32 Å². The van der Waals surface area contributed by atoms with Gasteiger partial charge in [0.05, 0.1) is 0 Å². The van der Waals surface area contributed by atoms with Crippen LogP contribution in [0.1, 0.15) is 38.5 Å². The highest BCUT2D eigenvalue weighted by molar-refractivity contribution is 5.76. The SMILES string of the molecule is CNC(CN1CCN(C)C1=O)C12CC3CC(CC(C3)C1)C2. The van der Waals surface area contributed by atoms with Gasteiger partial charge in [0, 0.05) is 32.7 Å². The summed E-state index contributed by atoms with van der Waals surface area (Å²) in [7, 11) is 4.02. The van der Waals surface area contributed by atoms with Crippen LogP contribution in [-0.4, -0.2) is 55.6 Å². The summed E-state index contributed by atoms with van der Waals surface area (Å²) in [6, 6.07) is 0.710. The number of hydrogen-bond donors (Lipinski definition) is 1. The Hall–Kier alpha value is -0.770. The molecule has 5 rings (SSSR count). The second-order valence-electron chi connectivity index (χ2n) is 8.27. The van der Waals surface area contributed by atoms with E-state index in [2.05, 4.69) is 17.3 Å². The van der Waals surface area contributed by atoms with Gasteiger partial charge in [0.15, 0.2) is 0 Å². The van der Waals surface area contributed by atoms with E-state index in [1.54, 1.807) is 0 Å². The number of rotatable bonds is 4. The van der Waals surface area contributed by atoms with Gasteiger partial charge in [-0.25, -0.2) is 4.79 Å². The topological polar surface area (TPSA) is 35.6 Å². The van der Waals surface area contributed by atoms with Crippen molar-refractivity contribution in [3.05, 3.63) is 0 Å². The van der Waals surface area contributed by atoms with Gasteiger partial charge in [-0.3, -0.25) is 0 Å². The summed E-state index contributed by atoms with van der Waals surface area (Å²) < 4.78 is 0. The van der Waals surface area contributed by atoms with Crippen LogP contribution in [-0.2, 0) is 0 Å². The molecule has 5 aliphatic rings. The second kappa shape index (κ2) is 4.87. The number of likely N-dealkylation sites (N-methyl/N-ethyl adjacent to an activating group) is 2. The molecule has 1 N–H and O–H groups in total. The molecule has 0 aromatic heterocycles. The highest BCUT2D eigenvalue weighted by Crippen LogP contribution is 2.61. The molecule has 1 saturated heterocycles. The van der Waals surface area contributed by atoms with Crippen molar-refractivity contribution in [1.82, 2.24) is 15.1 Å². The highest BCUT2D eigenvalue weighted by atomic mass is 16.2. The van der Waals surface area contributed by atoms with Crippen LogP contribution in [0.3, 0.4) is 0 Å². The predicted molar refractivity (Wildman–Crippen MR) is 83.1 cm³/mol. The van der Waals surface area contributed by atoms with E-state index >= 15 is 0 Å². The van der Waals surface area contributed by atoms with Crippen molar-refractivity contribution < 1.29 is 4.79 Å². The number of amides is 2. The Morgan fingerprint density at radius 1 is 1.14 bits per heavy atom. The lowest BCUT2D eigenvalue weighted by Gasteiger charge is -2.59. The van der Waals surface area contributed by atoms with Crippen molar-refractivity contribution in [2.24, 2.45) is 23.2 Å². The van der Waals surface area contributed by atoms with Crippen molar-refractivity contribution in [1.29, 1.82) is 0 Å². The van der Waals surface area contributed by atoms with Crippen LogP contribution in [0.5, 0.6) is 0 Å². The normalized spacial score (nSPS) is 43.0. The van der Waals surface area contributed by atoms with Gasteiger partial charge in [0.25, 0.3) is 0 Å². The minimum Gasteiger partial charge on any atom is -0.326 e. The molecule has 0 spiro atoms. The number of carbonyl (C=O) groups excluding carboxylic acids is 1. The van der Waals surface area contributed by atoms with E-state index in [1.807, 2.05) is 11.9 Å². The van der Waals surface area contributed by atoms with Crippen molar-refractivity contribution in [2.45, 2.75) is 44.6 Å². The smallest absolute Gasteiger partial charge is 0.319 e. The van der Waals surface area contributed by atoms with E-state index in [0.717, 1.165) is 37.4 Å². The van der Waals surface area contributed by atoms with Crippen molar-refractivity contribution in [2.75, 3.05) is 33.7 Å². The molecule has 1 heterocycles. The fourth-order valence-corrected chi connectivity index (χ4v) is 6.29. The summed E-state index contributed by atoms with van der Waals surface area (Å²) in [5.74, 6) is 2.93. The molecule has 0 aromatic carbocycles. The lowest BCUT2D eigenvalue weighted by atomic mass is 9.47. The van der Waals surface area contributed by atoms with Gasteiger partial charge in [-0.2, -0.15) is 0 Å². The monoisotopic (exact) mass is 291 g/mol. The summed E-state index contributed by atoms with van der Waals surface area (Å²) >= 11 is 0. The fourth-order valence-electron chi connectivity index (χ4n) is 6.29. The minimum absolute atomic E-state index is 0.222. The van der Waals surface area contributed by atoms with E-state index in [9.17, 15) is 4.79 Å². The molecule has 21 heavy (non-hydrogen) atoms. The zero-order chi connectivity index (χ0) is 14.6. The molecule has 2 amide bonds. The molecule has 5 fully saturated rings. The van der Waals surface area contributed by atoms with Crippen LogP contribution in [0.4, 0.5) is 4.79 Å². The first-order chi connectivity index (χ1) is 10.1. The summed E-state index contributed by atoms with van der Waals surface area (Å²) in [5.41, 5.74) is 0.477. The molecule has 1 unspecified atom stereocenters. The molecule has 4 bridgehead atoms. The maximum atomic E-state index is 12.2. The molecular weight excluding hydrogens is 262 g/mol. The van der Waals surface area contributed by atoms with Crippen molar-refractivity contribution in [3.63, 3.8) is 0 Å². The van der Waals surface area contributed by atoms with Crippen LogP contribution >= 0.6 is 0 Å². The fraction of sp³-hybridized carbons (Fsp3) is 0.941. The maximum absolute atomic E-state index is 12.2. The number of urea groups is 1. The molecule has 1 aliphatic heterocycles. The average Bonchev–Trinajstić information content (AvgIpc) is 2.74. The maximum Gasteiger partial charge on any atom is 0.319 e. The first-order valence-electron chi connectivity index (χ1n) is 8.77. The molecule has 4 nitrogen and oxygen atoms in total. The third kappa shape index (κ3) is 2.18. The van der Waals surface area contributed by atoms with Gasteiger partial charge in [-0.15, -0.1) is 0 Å². The average molecular weight is 291 g/mol. The van der Waals surface area contributed by atoms with E-state index in [1.165, 1.54) is 38.5 Å². The number of hydrogen-bond acceptors (Lipinski definition) is 2. The zero-order valence-corrected chi connectivity index (χ0v) is 13.5. The Labute approximate surface area is 128 Å². The quantitative estimate of drug-likeness (QED) is 0.861. The molecule has 4 heteroatoms. The van der Waals surface area contributed by atoms with Crippen LogP contribution in [0.2, 0.25) is 0 Å². The Bertz CT molecular complexity index is 400. The summed E-state index contributed by atoms with van der Waals surface area (Å²) in [5, 5.41) is 3.61. The van der Waals surface area contributed by atoms with E-state index in [4.69, 9.17) is 0 Å². The first kappa shape index (κ1) is 13.9. The second-order valence-corrected chi connectivity index (χ2v) is 8.27. The van der Waals surface area contributed by atoms with E-state index in [0.29, 0.717) is 11.5 Å². The molecule has 4 saturated carbocycles. The number of nitrogens with one attached hydrogen (secondary N) is 1. The zero-order valence-electron chi connectivity index (χ0n) is 13.5. The van der Waals surface area contributed by atoms with Gasteiger partial charge in [0.2, 0.25) is 0 Å². The lowest BCUT2D eigenvalue weighted by Crippen LogP contribution is -2.58. The van der Waals surface area contributed by atoms with Gasteiger partial charge in [-0.05, 0) is 68.7 Å². The Kier molecular flexibility index (Phi) is 3.21. The van der Waals surface area contributed by atoms with E-state index < -0.39 is 0 Å². The standard InChI is InChI=1S/C17H29N3O/c1-18-15(11-20-4-3-19(2)16(20)21)17-8-12-5-13(9-17)7-14(6-12)10-17/h12-15,18H,3-11H2,1-2H3. The van der Waals surface area contributed by atoms with Gasteiger partial charge >= 0.3 is 6.03 Å². The van der Waals surface area contributed by atoms with Crippen LogP contribution in [0, 0.1) is 23.2 Å². The Morgan fingerprint density at radius 3 is 2.14 bits per heavy atom. The first-order valence-corrected chi connectivity index (χ1v) is 8.77.